The second-order valence-corrected chi connectivity index (χ2v) is 12.5. The van der Waals surface area contributed by atoms with E-state index in [1.54, 1.807) is 0 Å². The van der Waals surface area contributed by atoms with Crippen LogP contribution >= 0.6 is 0 Å². The lowest BCUT2D eigenvalue weighted by Crippen LogP contribution is -2.24. The molecule has 5 unspecified atom stereocenters. The largest absolute Gasteiger partial charge is 0.393 e. The Morgan fingerprint density at radius 2 is 1.74 bits per heavy atom. The van der Waals surface area contributed by atoms with Crippen LogP contribution in [0.15, 0.2) is 67.3 Å². The number of hydrogen-bond acceptors (Lipinski definition) is 2. The van der Waals surface area contributed by atoms with Crippen LogP contribution in [-0.2, 0) is 0 Å². The van der Waals surface area contributed by atoms with Gasteiger partial charge in [0.15, 0.2) is 0 Å². The molecular weight excluding hydrogens is 464 g/mol. The molecule has 2 aliphatic carbocycles. The molecule has 0 spiro atoms. The summed E-state index contributed by atoms with van der Waals surface area (Å²) >= 11 is 0. The number of aliphatic hydroxyl groups excluding tert-OH is 2. The Bertz CT molecular complexity index is 1080. The van der Waals surface area contributed by atoms with E-state index in [-0.39, 0.29) is 12.2 Å². The third-order valence-electron chi connectivity index (χ3n) is 9.71. The SMILES string of the molecule is C=CC1CC(O)CC(c2cccc(-c3ccc(C(C)[C@@H](CCC(O)C4CCCCC4)C(=C)C)c(C)c3)c2)C1. The summed E-state index contributed by atoms with van der Waals surface area (Å²) in [5.41, 5.74) is 7.73. The fraction of sp³-hybridized carbons (Fsp3) is 0.556. The van der Waals surface area contributed by atoms with Crippen LogP contribution < -0.4 is 0 Å². The summed E-state index contributed by atoms with van der Waals surface area (Å²) in [6.45, 7) is 15.1. The molecular formula is C36H50O2. The highest BCUT2D eigenvalue weighted by molar-refractivity contribution is 5.66. The lowest BCUT2D eigenvalue weighted by Gasteiger charge is -2.31. The Hall–Kier alpha value is -2.16. The van der Waals surface area contributed by atoms with Crippen LogP contribution in [0.3, 0.4) is 0 Å². The molecule has 0 aliphatic heterocycles. The Balaban J connectivity index is 1.47. The first kappa shape index (κ1) is 28.8. The highest BCUT2D eigenvalue weighted by Gasteiger charge is 2.28. The van der Waals surface area contributed by atoms with Crippen molar-refractivity contribution >= 4 is 0 Å². The first-order chi connectivity index (χ1) is 18.3. The summed E-state index contributed by atoms with van der Waals surface area (Å²) in [4.78, 5) is 0. The van der Waals surface area contributed by atoms with Crippen molar-refractivity contribution in [2.75, 3.05) is 0 Å². The molecule has 2 aromatic carbocycles. The maximum Gasteiger partial charge on any atom is 0.0568 e. The topological polar surface area (TPSA) is 40.5 Å². The van der Waals surface area contributed by atoms with Gasteiger partial charge in [-0.2, -0.15) is 0 Å². The van der Waals surface area contributed by atoms with Gasteiger partial charge in [-0.15, -0.1) is 6.58 Å². The number of rotatable bonds is 10. The number of aryl methyl sites for hydroxylation is 1. The number of allylic oxidation sites excluding steroid dienone is 2. The van der Waals surface area contributed by atoms with Crippen LogP contribution in [0, 0.1) is 24.7 Å². The molecule has 2 nitrogen and oxygen atoms in total. The number of aliphatic hydroxyl groups is 2. The van der Waals surface area contributed by atoms with Crippen LogP contribution in [0.25, 0.3) is 11.1 Å². The van der Waals surface area contributed by atoms with Gasteiger partial charge in [-0.05, 0) is 116 Å². The number of hydrogen-bond donors (Lipinski definition) is 2. The summed E-state index contributed by atoms with van der Waals surface area (Å²) in [5.74, 6) is 1.99. The molecule has 4 rings (SSSR count). The average Bonchev–Trinajstić information content (AvgIpc) is 2.92. The third-order valence-corrected chi connectivity index (χ3v) is 9.71. The highest BCUT2D eigenvalue weighted by atomic mass is 16.3. The van der Waals surface area contributed by atoms with E-state index in [0.29, 0.717) is 29.6 Å². The van der Waals surface area contributed by atoms with E-state index in [1.807, 2.05) is 6.08 Å². The van der Waals surface area contributed by atoms with Crippen molar-refractivity contribution in [1.82, 2.24) is 0 Å². The van der Waals surface area contributed by atoms with Gasteiger partial charge in [-0.25, -0.2) is 0 Å². The molecule has 0 bridgehead atoms. The van der Waals surface area contributed by atoms with Gasteiger partial charge in [0.05, 0.1) is 12.2 Å². The molecule has 0 amide bonds. The average molecular weight is 515 g/mol. The van der Waals surface area contributed by atoms with Gasteiger partial charge in [0.25, 0.3) is 0 Å². The minimum atomic E-state index is -0.242. The van der Waals surface area contributed by atoms with E-state index in [1.165, 1.54) is 65.5 Å². The van der Waals surface area contributed by atoms with Gasteiger partial charge in [-0.1, -0.05) is 86.9 Å². The molecule has 2 aromatic rings. The van der Waals surface area contributed by atoms with E-state index in [0.717, 1.165) is 32.1 Å². The Morgan fingerprint density at radius 3 is 2.42 bits per heavy atom. The molecule has 2 fully saturated rings. The molecule has 2 aliphatic rings. The first-order valence-corrected chi connectivity index (χ1v) is 15.1. The monoisotopic (exact) mass is 514 g/mol. The summed E-state index contributed by atoms with van der Waals surface area (Å²) in [6, 6.07) is 15.8. The third kappa shape index (κ3) is 7.07. The maximum atomic E-state index is 10.9. The van der Waals surface area contributed by atoms with Crippen LogP contribution in [-0.4, -0.2) is 22.4 Å². The van der Waals surface area contributed by atoms with Crippen molar-refractivity contribution in [2.45, 2.75) is 109 Å². The zero-order valence-electron chi connectivity index (χ0n) is 24.0. The molecule has 2 saturated carbocycles. The van der Waals surface area contributed by atoms with E-state index < -0.39 is 0 Å². The molecule has 0 saturated heterocycles. The van der Waals surface area contributed by atoms with Crippen LogP contribution in [0.2, 0.25) is 0 Å². The fourth-order valence-corrected chi connectivity index (χ4v) is 7.38. The predicted octanol–water partition coefficient (Wildman–Crippen LogP) is 9.11. The van der Waals surface area contributed by atoms with Gasteiger partial charge >= 0.3 is 0 Å². The van der Waals surface area contributed by atoms with E-state index in [2.05, 4.69) is 76.4 Å². The van der Waals surface area contributed by atoms with E-state index in [4.69, 9.17) is 0 Å². The predicted molar refractivity (Wildman–Crippen MR) is 161 cm³/mol. The minimum Gasteiger partial charge on any atom is -0.393 e. The standard InChI is InChI=1S/C36H50O2/c1-6-27-20-32(23-33(37)21-27)30-14-10-13-29(22-30)31-15-16-35(25(4)19-31)26(5)34(24(2)3)17-18-36(38)28-11-8-7-9-12-28/h6,10,13-16,19,22,26-28,32-34,36-38H,1-2,7-9,11-12,17-18,20-21,23H2,3-5H3/t26?,27?,32?,33?,34-,36?/m0/s1. The van der Waals surface area contributed by atoms with Crippen molar-refractivity contribution in [3.05, 3.63) is 84.0 Å². The normalized spacial score (nSPS) is 24.9. The maximum absolute atomic E-state index is 10.9. The number of benzene rings is 2. The van der Waals surface area contributed by atoms with Crippen LogP contribution in [0.5, 0.6) is 0 Å². The molecule has 0 radical (unpaired) electrons. The highest BCUT2D eigenvalue weighted by Crippen LogP contribution is 2.40. The summed E-state index contributed by atoms with van der Waals surface area (Å²) in [6.07, 6.45) is 12.4. The fourth-order valence-electron chi connectivity index (χ4n) is 7.38. The Morgan fingerprint density at radius 1 is 1.00 bits per heavy atom. The molecule has 38 heavy (non-hydrogen) atoms. The van der Waals surface area contributed by atoms with Crippen LogP contribution in [0.4, 0.5) is 0 Å². The summed E-state index contributed by atoms with van der Waals surface area (Å²) in [7, 11) is 0. The molecule has 2 heteroatoms. The quantitative estimate of drug-likeness (QED) is 0.310. The second kappa shape index (κ2) is 13.3. The molecule has 2 N–H and O–H groups in total. The van der Waals surface area contributed by atoms with Crippen molar-refractivity contribution < 1.29 is 10.2 Å². The Labute approximate surface area is 231 Å². The molecule has 0 aromatic heterocycles. The zero-order chi connectivity index (χ0) is 27.2. The Kier molecular flexibility index (Phi) is 10.1. The zero-order valence-corrected chi connectivity index (χ0v) is 24.0. The lowest BCUT2D eigenvalue weighted by atomic mass is 9.76. The van der Waals surface area contributed by atoms with Crippen molar-refractivity contribution in [2.24, 2.45) is 17.8 Å². The van der Waals surface area contributed by atoms with Crippen molar-refractivity contribution in [1.29, 1.82) is 0 Å². The second-order valence-electron chi connectivity index (χ2n) is 12.5. The smallest absolute Gasteiger partial charge is 0.0568 e. The first-order valence-electron chi connectivity index (χ1n) is 15.1. The van der Waals surface area contributed by atoms with E-state index in [9.17, 15) is 10.2 Å². The molecule has 206 valence electrons. The summed E-state index contributed by atoms with van der Waals surface area (Å²) < 4.78 is 0. The lowest BCUT2D eigenvalue weighted by molar-refractivity contribution is 0.0716. The van der Waals surface area contributed by atoms with Gasteiger partial charge in [0, 0.05) is 0 Å². The van der Waals surface area contributed by atoms with Gasteiger partial charge < -0.3 is 10.2 Å². The molecule has 6 atom stereocenters. The van der Waals surface area contributed by atoms with Crippen molar-refractivity contribution in [3.63, 3.8) is 0 Å². The van der Waals surface area contributed by atoms with Crippen molar-refractivity contribution in [3.8, 4) is 11.1 Å². The molecule has 0 heterocycles. The summed E-state index contributed by atoms with van der Waals surface area (Å²) in [5, 5.41) is 21.3. The minimum absolute atomic E-state index is 0.174. The van der Waals surface area contributed by atoms with Gasteiger partial charge in [0.1, 0.15) is 0 Å². The van der Waals surface area contributed by atoms with E-state index >= 15 is 0 Å². The van der Waals surface area contributed by atoms with Gasteiger partial charge in [0.2, 0.25) is 0 Å². The van der Waals surface area contributed by atoms with Crippen LogP contribution in [0.1, 0.15) is 107 Å². The van der Waals surface area contributed by atoms with Gasteiger partial charge in [-0.3, -0.25) is 0 Å².